The smallest absolute Gasteiger partial charge is 0.360 e. The van der Waals surface area contributed by atoms with Gasteiger partial charge in [-0.3, -0.25) is 4.79 Å². The lowest BCUT2D eigenvalue weighted by Gasteiger charge is -2.57. The van der Waals surface area contributed by atoms with E-state index in [-0.39, 0.29) is 19.3 Å². The first-order chi connectivity index (χ1) is 49.7. The molecular weight excluding hydrogens is 1390 g/mol. The SMILES string of the molecule is CCCCCCCCCCCCCCCC(=O)OC(CCCCCCCCCCCCCC)(C(=O)OC1(O[C@H]2[C@H](O)[C@@H](O)C(O[C@H]3[C@H](O)[C@@H](O)[C@@H](O)O[C@@H]3CO)O[C@@H]2CO)O[C@H](CO)[C@@H](O)[C@H](O)[C@H]1O)C1(O[C@H]2[C@H](O)[C@@H](O)C(O[C@H]3[C@H](O)[C@@H](O)[C@@H](O)O[C@@H]3CO)O[C@@H]2CO)O[C@H](CO)[C@@H](O)[C@H](O)[C@H]1O. The van der Waals surface area contributed by atoms with E-state index >= 15 is 9.59 Å². The second-order valence-electron chi connectivity index (χ2n) is 28.4. The molecule has 5 unspecified atom stereocenters. The van der Waals surface area contributed by atoms with Gasteiger partial charge in [0.25, 0.3) is 11.4 Å². The van der Waals surface area contributed by atoms with E-state index < -0.39 is 253 Å². The van der Waals surface area contributed by atoms with Gasteiger partial charge >= 0.3 is 17.9 Å². The topological polar surface area (TPSA) is 590 Å². The lowest BCUT2D eigenvalue weighted by atomic mass is 9.77. The molecule has 610 valence electrons. The minimum absolute atomic E-state index is 0.0171. The highest BCUT2D eigenvalue weighted by molar-refractivity contribution is 5.85. The zero-order chi connectivity index (χ0) is 76.6. The highest BCUT2D eigenvalue weighted by atomic mass is 16.9. The van der Waals surface area contributed by atoms with Crippen LogP contribution in [0.1, 0.15) is 187 Å². The van der Waals surface area contributed by atoms with Gasteiger partial charge in [-0.15, -0.1) is 0 Å². The molecule has 104 heavy (non-hydrogen) atoms. The summed E-state index contributed by atoms with van der Waals surface area (Å²) in [4.78, 5) is 32.0. The summed E-state index contributed by atoms with van der Waals surface area (Å²) in [6, 6.07) is 0. The molecule has 6 rings (SSSR count). The summed E-state index contributed by atoms with van der Waals surface area (Å²) in [6.07, 6.45) is -46.3. The molecule has 0 bridgehead atoms. The van der Waals surface area contributed by atoms with Crippen LogP contribution in [0.25, 0.3) is 0 Å². The van der Waals surface area contributed by atoms with Crippen LogP contribution in [0, 0.1) is 0 Å². The Morgan fingerprint density at radius 3 is 1.08 bits per heavy atom. The van der Waals surface area contributed by atoms with Gasteiger partial charge in [-0.05, 0) is 12.8 Å². The third-order valence-electron chi connectivity index (χ3n) is 20.7. The maximum Gasteiger partial charge on any atom is 0.360 e. The van der Waals surface area contributed by atoms with Crippen molar-refractivity contribution in [2.75, 3.05) is 39.6 Å². The Bertz CT molecular complexity index is 2400. The van der Waals surface area contributed by atoms with E-state index in [1.54, 1.807) is 0 Å². The van der Waals surface area contributed by atoms with Gasteiger partial charge in [0.15, 0.2) is 31.3 Å². The van der Waals surface area contributed by atoms with Crippen molar-refractivity contribution in [3.63, 3.8) is 0 Å². The van der Waals surface area contributed by atoms with Crippen molar-refractivity contribution in [3.8, 4) is 0 Å². The molecule has 6 fully saturated rings. The summed E-state index contributed by atoms with van der Waals surface area (Å²) in [5.41, 5.74) is -3.75. The molecule has 36 nitrogen and oxygen atoms in total. The first kappa shape index (κ1) is 90.5. The van der Waals surface area contributed by atoms with Crippen LogP contribution in [0.15, 0.2) is 0 Å². The van der Waals surface area contributed by atoms with Crippen LogP contribution < -0.4 is 0 Å². The number of hydrogen-bond acceptors (Lipinski definition) is 36. The van der Waals surface area contributed by atoms with Gasteiger partial charge in [0.1, 0.15) is 140 Å². The highest BCUT2D eigenvalue weighted by Gasteiger charge is 2.75. The molecular formula is C68H122O36. The number of ether oxygens (including phenoxy) is 12. The Balaban J connectivity index is 1.50. The van der Waals surface area contributed by atoms with Gasteiger partial charge in [-0.1, -0.05) is 162 Å². The van der Waals surface area contributed by atoms with Crippen LogP contribution in [0.3, 0.4) is 0 Å². The fourth-order valence-electron chi connectivity index (χ4n) is 14.3. The van der Waals surface area contributed by atoms with Crippen molar-refractivity contribution in [1.29, 1.82) is 0 Å². The van der Waals surface area contributed by atoms with Crippen LogP contribution >= 0.6 is 0 Å². The van der Waals surface area contributed by atoms with E-state index in [4.69, 9.17) is 56.8 Å². The normalized spacial score (nSPS) is 40.6. The summed E-state index contributed by atoms with van der Waals surface area (Å²) in [6.45, 7) is -3.15. The summed E-state index contributed by atoms with van der Waals surface area (Å²) in [5, 5.41) is 248. The standard InChI is InChI=1S/C68H122O36/c1-3-5-7-9-11-13-15-17-18-20-22-24-26-28-42(75)101-66(29-27-25-23-21-19-16-14-12-10-8-6-4-2,67(59(88)49(82)43(76)36(30-69)99-67)102-57-40(34-73)95-63(53(86)47(57)80)97-55-38(32-71)93-61(90)51(84)45(55)78)65(92)104-68(60(89)50(83)44(77)37(31-70)100-68)103-58-41(35-74)96-64(54(87)48(58)81)98-56-39(33-72)94-62(91)52(85)46(56)79/h36-41,43-64,69-74,76-91H,3-35H2,1-2H3/t36-,37-,38-,39-,40-,41-,43-,44-,45-,46-,47-,48-,49+,50+,51-,52-,53-,54-,55-,56-,57-,58-,59-,60-,61+,62+,63?,64?,66?,67?,68?/m1/s1. The average molecular weight is 1520 g/mol. The predicted octanol–water partition coefficient (Wildman–Crippen LogP) is -5.04. The quantitative estimate of drug-likeness (QED) is 0.0154. The number of esters is 2. The fraction of sp³-hybridized carbons (Fsp3) is 0.971. The maximum atomic E-state index is 16.8. The molecule has 0 aromatic heterocycles. The number of unbranched alkanes of at least 4 members (excludes halogenated alkanes) is 23. The molecule has 6 aliphatic heterocycles. The zero-order valence-corrected chi connectivity index (χ0v) is 59.6. The molecule has 6 aliphatic rings. The number of aliphatic hydroxyl groups is 22. The van der Waals surface area contributed by atoms with Gasteiger partial charge in [0, 0.05) is 12.8 Å². The number of carbonyl (C=O) groups excluding carboxylic acids is 2. The van der Waals surface area contributed by atoms with Crippen molar-refractivity contribution in [1.82, 2.24) is 0 Å². The van der Waals surface area contributed by atoms with Gasteiger partial charge < -0.3 is 169 Å². The van der Waals surface area contributed by atoms with E-state index in [0.29, 0.717) is 32.1 Å². The third-order valence-corrected chi connectivity index (χ3v) is 20.7. The van der Waals surface area contributed by atoms with Crippen LogP contribution in [0.5, 0.6) is 0 Å². The minimum Gasteiger partial charge on any atom is -0.441 e. The Labute approximate surface area is 604 Å². The largest absolute Gasteiger partial charge is 0.441 e. The van der Waals surface area contributed by atoms with Crippen LogP contribution in [-0.4, -0.2) is 353 Å². The van der Waals surface area contributed by atoms with Crippen molar-refractivity contribution in [2.24, 2.45) is 0 Å². The molecule has 0 aliphatic carbocycles. The predicted molar refractivity (Wildman–Crippen MR) is 351 cm³/mol. The molecule has 6 saturated heterocycles. The molecule has 22 N–H and O–H groups in total. The number of hydrogen-bond donors (Lipinski definition) is 22. The molecule has 36 heteroatoms. The van der Waals surface area contributed by atoms with Crippen molar-refractivity contribution < 1.29 is 179 Å². The molecule has 6 heterocycles. The van der Waals surface area contributed by atoms with E-state index in [0.717, 1.165) is 96.3 Å². The van der Waals surface area contributed by atoms with Gasteiger partial charge in [-0.25, -0.2) is 4.79 Å². The van der Waals surface area contributed by atoms with E-state index in [2.05, 4.69) is 13.8 Å². The van der Waals surface area contributed by atoms with Crippen molar-refractivity contribution >= 4 is 11.9 Å². The molecule has 0 amide bonds. The maximum absolute atomic E-state index is 16.8. The molecule has 0 radical (unpaired) electrons. The molecule has 0 spiro atoms. The van der Waals surface area contributed by atoms with Crippen molar-refractivity contribution in [3.05, 3.63) is 0 Å². The first-order valence-electron chi connectivity index (χ1n) is 37.3. The number of carbonyl (C=O) groups is 2. The Morgan fingerprint density at radius 2 is 0.683 bits per heavy atom. The van der Waals surface area contributed by atoms with Crippen LogP contribution in [0.2, 0.25) is 0 Å². The Morgan fingerprint density at radius 1 is 0.346 bits per heavy atom. The third kappa shape index (κ3) is 22.3. The summed E-state index contributed by atoms with van der Waals surface area (Å²) in [7, 11) is 0. The Hall–Kier alpha value is -2.34. The second kappa shape index (κ2) is 44.0. The van der Waals surface area contributed by atoms with Gasteiger partial charge in [0.2, 0.25) is 0 Å². The summed E-state index contributed by atoms with van der Waals surface area (Å²) >= 11 is 0. The first-order valence-corrected chi connectivity index (χ1v) is 37.3. The molecule has 0 aromatic rings. The van der Waals surface area contributed by atoms with Crippen LogP contribution in [0.4, 0.5) is 0 Å². The molecule has 0 aromatic carbocycles. The van der Waals surface area contributed by atoms with Gasteiger partial charge in [-0.2, -0.15) is 0 Å². The fourth-order valence-corrected chi connectivity index (χ4v) is 14.3. The average Bonchev–Trinajstić information content (AvgIpc) is 0.705. The second-order valence-corrected chi connectivity index (χ2v) is 28.4. The lowest BCUT2D eigenvalue weighted by molar-refractivity contribution is -0.480. The lowest BCUT2D eigenvalue weighted by Crippen LogP contribution is -2.80. The van der Waals surface area contributed by atoms with Gasteiger partial charge in [0.05, 0.1) is 39.6 Å². The van der Waals surface area contributed by atoms with E-state index in [1.165, 1.54) is 12.8 Å². The van der Waals surface area contributed by atoms with E-state index in [9.17, 15) is 112 Å². The van der Waals surface area contributed by atoms with Crippen molar-refractivity contribution in [2.45, 2.75) is 376 Å². The summed E-state index contributed by atoms with van der Waals surface area (Å²) < 4.78 is 70.9. The monoisotopic (exact) mass is 1510 g/mol. The molecule has 31 atom stereocenters. The minimum atomic E-state index is -3.95. The number of rotatable bonds is 45. The van der Waals surface area contributed by atoms with Crippen LogP contribution in [-0.2, 0) is 66.4 Å². The van der Waals surface area contributed by atoms with E-state index in [1.807, 2.05) is 0 Å². The summed E-state index contributed by atoms with van der Waals surface area (Å²) in [5.74, 6) is -11.4. The Kier molecular flexibility index (Phi) is 38.3. The molecule has 0 saturated carbocycles. The highest BCUT2D eigenvalue weighted by Crippen LogP contribution is 2.50. The zero-order valence-electron chi connectivity index (χ0n) is 59.6. The number of aliphatic hydroxyl groups excluding tert-OH is 22.